The highest BCUT2D eigenvalue weighted by Crippen LogP contribution is 2.16. The average molecular weight is 282 g/mol. The number of nitrogens with zero attached hydrogens (tertiary/aromatic N) is 1. The molecule has 1 aliphatic heterocycles. The van der Waals surface area contributed by atoms with E-state index in [-0.39, 0.29) is 17.8 Å². The number of aromatic carboxylic acids is 1. The Kier molecular flexibility index (Phi) is 4.19. The minimum atomic E-state index is -1.38. The Labute approximate surface area is 115 Å². The van der Waals surface area contributed by atoms with Gasteiger partial charge in [-0.1, -0.05) is 0 Å². The Hall–Kier alpha value is -2.15. The lowest BCUT2D eigenvalue weighted by molar-refractivity contribution is -0.00138. The minimum Gasteiger partial charge on any atom is -0.478 e. The normalized spacial score (nSPS) is 18.7. The van der Waals surface area contributed by atoms with Crippen molar-refractivity contribution in [2.24, 2.45) is 0 Å². The first-order chi connectivity index (χ1) is 9.47. The summed E-state index contributed by atoms with van der Waals surface area (Å²) in [5.74, 6) is -2.21. The van der Waals surface area contributed by atoms with Crippen LogP contribution in [0.15, 0.2) is 18.2 Å². The number of rotatable bonds is 2. The Morgan fingerprint density at radius 1 is 1.50 bits per heavy atom. The summed E-state index contributed by atoms with van der Waals surface area (Å²) in [6, 6.07) is 3.08. The van der Waals surface area contributed by atoms with Crippen molar-refractivity contribution in [1.82, 2.24) is 4.90 Å². The van der Waals surface area contributed by atoms with Crippen LogP contribution in [0.1, 0.15) is 17.3 Å². The Bertz CT molecular complexity index is 535. The first-order valence-electron chi connectivity index (χ1n) is 6.17. The van der Waals surface area contributed by atoms with Crippen molar-refractivity contribution in [3.8, 4) is 0 Å². The molecular weight excluding hydrogens is 267 g/mol. The second-order valence-corrected chi connectivity index (χ2v) is 4.56. The molecule has 7 heteroatoms. The number of morpholine rings is 1. The first kappa shape index (κ1) is 14.3. The van der Waals surface area contributed by atoms with Crippen LogP contribution in [0.4, 0.5) is 14.9 Å². The number of carboxylic acids is 1. The zero-order chi connectivity index (χ0) is 14.7. The quantitative estimate of drug-likeness (QED) is 0.866. The molecule has 1 unspecified atom stereocenters. The molecule has 1 aromatic carbocycles. The van der Waals surface area contributed by atoms with Crippen LogP contribution in [0.5, 0.6) is 0 Å². The van der Waals surface area contributed by atoms with Gasteiger partial charge in [0.1, 0.15) is 5.82 Å². The summed E-state index contributed by atoms with van der Waals surface area (Å²) in [5.41, 5.74) is -0.230. The third kappa shape index (κ3) is 3.24. The highest BCUT2D eigenvalue weighted by molar-refractivity contribution is 5.93. The first-order valence-corrected chi connectivity index (χ1v) is 6.17. The largest absolute Gasteiger partial charge is 0.478 e. The van der Waals surface area contributed by atoms with Gasteiger partial charge >= 0.3 is 12.0 Å². The van der Waals surface area contributed by atoms with Gasteiger partial charge in [-0.05, 0) is 25.1 Å². The summed E-state index contributed by atoms with van der Waals surface area (Å²) < 4.78 is 18.6. The van der Waals surface area contributed by atoms with Gasteiger partial charge in [0.05, 0.1) is 18.3 Å². The molecule has 0 bridgehead atoms. The third-order valence-electron chi connectivity index (χ3n) is 2.98. The smallest absolute Gasteiger partial charge is 0.338 e. The maximum absolute atomic E-state index is 13.2. The molecule has 6 nitrogen and oxygen atoms in total. The van der Waals surface area contributed by atoms with Crippen LogP contribution >= 0.6 is 0 Å². The predicted octanol–water partition coefficient (Wildman–Crippen LogP) is 1.78. The van der Waals surface area contributed by atoms with Gasteiger partial charge in [-0.3, -0.25) is 0 Å². The maximum Gasteiger partial charge on any atom is 0.338 e. The van der Waals surface area contributed by atoms with Crippen molar-refractivity contribution in [1.29, 1.82) is 0 Å². The van der Waals surface area contributed by atoms with E-state index in [9.17, 15) is 14.0 Å². The van der Waals surface area contributed by atoms with E-state index in [1.165, 1.54) is 6.07 Å². The molecule has 1 saturated heterocycles. The van der Waals surface area contributed by atoms with Crippen molar-refractivity contribution in [2.75, 3.05) is 25.0 Å². The zero-order valence-corrected chi connectivity index (χ0v) is 10.9. The number of amides is 2. The van der Waals surface area contributed by atoms with E-state index in [1.54, 1.807) is 4.90 Å². The van der Waals surface area contributed by atoms with Gasteiger partial charge in [-0.25, -0.2) is 14.0 Å². The van der Waals surface area contributed by atoms with Crippen LogP contribution in [-0.4, -0.2) is 47.8 Å². The highest BCUT2D eigenvalue weighted by atomic mass is 19.1. The monoisotopic (exact) mass is 282 g/mol. The SMILES string of the molecule is CC1CN(C(=O)Nc2ccc(F)c(C(=O)O)c2)CCO1. The number of carbonyl (C=O) groups excluding carboxylic acids is 1. The molecule has 1 aromatic rings. The van der Waals surface area contributed by atoms with Crippen LogP contribution in [0.3, 0.4) is 0 Å². The number of anilines is 1. The number of ether oxygens (including phenoxy) is 1. The molecule has 1 aliphatic rings. The van der Waals surface area contributed by atoms with Crippen LogP contribution in [0, 0.1) is 5.82 Å². The Morgan fingerprint density at radius 3 is 2.90 bits per heavy atom. The summed E-state index contributed by atoms with van der Waals surface area (Å²) in [7, 11) is 0. The molecule has 108 valence electrons. The molecule has 2 N–H and O–H groups in total. The van der Waals surface area contributed by atoms with Crippen molar-refractivity contribution in [3.63, 3.8) is 0 Å². The number of benzene rings is 1. The van der Waals surface area contributed by atoms with Gasteiger partial charge in [0.15, 0.2) is 0 Å². The lowest BCUT2D eigenvalue weighted by Crippen LogP contribution is -2.46. The molecule has 0 radical (unpaired) electrons. The molecule has 1 fully saturated rings. The van der Waals surface area contributed by atoms with Gasteiger partial charge < -0.3 is 20.1 Å². The van der Waals surface area contributed by atoms with Gasteiger partial charge in [0.25, 0.3) is 0 Å². The second kappa shape index (κ2) is 5.87. The number of carbonyl (C=O) groups is 2. The summed E-state index contributed by atoms with van der Waals surface area (Å²) in [6.07, 6.45) is -0.0442. The van der Waals surface area contributed by atoms with E-state index in [2.05, 4.69) is 5.32 Å². The Morgan fingerprint density at radius 2 is 2.25 bits per heavy atom. The predicted molar refractivity (Wildman–Crippen MR) is 69.4 cm³/mol. The van der Waals surface area contributed by atoms with Crippen molar-refractivity contribution >= 4 is 17.7 Å². The zero-order valence-electron chi connectivity index (χ0n) is 10.9. The molecular formula is C13H15FN2O4. The summed E-state index contributed by atoms with van der Waals surface area (Å²) in [6.45, 7) is 3.24. The number of hydrogen-bond donors (Lipinski definition) is 2. The van der Waals surface area contributed by atoms with E-state index in [0.717, 1.165) is 12.1 Å². The number of hydrogen-bond acceptors (Lipinski definition) is 3. The summed E-state index contributed by atoms with van der Waals surface area (Å²) in [4.78, 5) is 24.4. The van der Waals surface area contributed by atoms with Crippen molar-refractivity contribution in [3.05, 3.63) is 29.6 Å². The molecule has 2 rings (SSSR count). The molecule has 2 amide bonds. The third-order valence-corrected chi connectivity index (χ3v) is 2.98. The minimum absolute atomic E-state index is 0.0442. The van der Waals surface area contributed by atoms with E-state index in [0.29, 0.717) is 19.7 Å². The fourth-order valence-corrected chi connectivity index (χ4v) is 1.97. The van der Waals surface area contributed by atoms with Gasteiger partial charge in [-0.2, -0.15) is 0 Å². The fourth-order valence-electron chi connectivity index (χ4n) is 1.97. The number of nitrogens with one attached hydrogen (secondary N) is 1. The molecule has 0 spiro atoms. The van der Waals surface area contributed by atoms with E-state index >= 15 is 0 Å². The summed E-state index contributed by atoms with van der Waals surface area (Å²) in [5, 5.41) is 11.4. The molecule has 0 aliphatic carbocycles. The second-order valence-electron chi connectivity index (χ2n) is 4.56. The lowest BCUT2D eigenvalue weighted by atomic mass is 10.2. The van der Waals surface area contributed by atoms with E-state index in [1.807, 2.05) is 6.92 Å². The lowest BCUT2D eigenvalue weighted by Gasteiger charge is -2.31. The maximum atomic E-state index is 13.2. The van der Waals surface area contributed by atoms with Crippen LogP contribution < -0.4 is 5.32 Å². The van der Waals surface area contributed by atoms with E-state index < -0.39 is 17.3 Å². The molecule has 0 aromatic heterocycles. The van der Waals surface area contributed by atoms with Gasteiger partial charge in [-0.15, -0.1) is 0 Å². The molecule has 1 heterocycles. The summed E-state index contributed by atoms with van der Waals surface area (Å²) >= 11 is 0. The average Bonchev–Trinajstić information content (AvgIpc) is 2.40. The van der Waals surface area contributed by atoms with Crippen LogP contribution in [0.25, 0.3) is 0 Å². The van der Waals surface area contributed by atoms with Crippen LogP contribution in [0.2, 0.25) is 0 Å². The topological polar surface area (TPSA) is 78.9 Å². The standard InChI is InChI=1S/C13H15FN2O4/c1-8-7-16(4-5-20-8)13(19)15-9-2-3-11(14)10(6-9)12(17)18/h2-3,6,8H,4-5,7H2,1H3,(H,15,19)(H,17,18). The van der Waals surface area contributed by atoms with Gasteiger partial charge in [0, 0.05) is 18.8 Å². The molecule has 0 saturated carbocycles. The number of urea groups is 1. The van der Waals surface area contributed by atoms with Crippen LogP contribution in [-0.2, 0) is 4.74 Å². The molecule has 20 heavy (non-hydrogen) atoms. The highest BCUT2D eigenvalue weighted by Gasteiger charge is 2.21. The molecule has 1 atom stereocenters. The fraction of sp³-hybridized carbons (Fsp3) is 0.385. The number of carboxylic acid groups (broad SMARTS) is 1. The number of halogens is 1. The van der Waals surface area contributed by atoms with Gasteiger partial charge in [0.2, 0.25) is 0 Å². The van der Waals surface area contributed by atoms with E-state index in [4.69, 9.17) is 9.84 Å². The Balaban J connectivity index is 2.07. The van der Waals surface area contributed by atoms with Crippen molar-refractivity contribution < 1.29 is 23.8 Å². The van der Waals surface area contributed by atoms with Crippen molar-refractivity contribution in [2.45, 2.75) is 13.0 Å².